The number of aliphatic imine (C=N–C) groups is 1. The van der Waals surface area contributed by atoms with Crippen LogP contribution in [0, 0.1) is 0 Å². The first-order valence-electron chi connectivity index (χ1n) is 7.07. The van der Waals surface area contributed by atoms with Gasteiger partial charge in [-0.1, -0.05) is 46.3 Å². The van der Waals surface area contributed by atoms with E-state index in [2.05, 4.69) is 20.9 Å². The molecule has 1 atom stereocenters. The van der Waals surface area contributed by atoms with Crippen molar-refractivity contribution in [3.05, 3.63) is 69.7 Å². The van der Waals surface area contributed by atoms with Gasteiger partial charge in [0.25, 0.3) is 5.91 Å². The zero-order valence-electron chi connectivity index (χ0n) is 11.7. The second-order valence-corrected chi connectivity index (χ2v) is 6.34. The highest BCUT2D eigenvalue weighted by Crippen LogP contribution is 2.40. The zero-order valence-corrected chi connectivity index (χ0v) is 13.2. The van der Waals surface area contributed by atoms with Gasteiger partial charge in [0.1, 0.15) is 5.84 Å². The molecule has 2 heterocycles. The molecule has 0 aliphatic carbocycles. The van der Waals surface area contributed by atoms with Gasteiger partial charge in [-0.2, -0.15) is 0 Å². The molecule has 2 aromatic rings. The third-order valence-corrected chi connectivity index (χ3v) is 4.75. The molecule has 22 heavy (non-hydrogen) atoms. The minimum Gasteiger partial charge on any atom is -0.373 e. The van der Waals surface area contributed by atoms with E-state index in [1.54, 1.807) is 17.0 Å². The van der Waals surface area contributed by atoms with Crippen molar-refractivity contribution < 1.29 is 9.90 Å². The largest absolute Gasteiger partial charge is 0.373 e. The Hall–Kier alpha value is -1.98. The molecule has 0 fully saturated rings. The minimum atomic E-state index is -1.39. The molecule has 110 valence electrons. The highest BCUT2D eigenvalue weighted by atomic mass is 79.9. The molecule has 1 unspecified atom stereocenters. The number of amidine groups is 1. The highest BCUT2D eigenvalue weighted by molar-refractivity contribution is 9.10. The summed E-state index contributed by atoms with van der Waals surface area (Å²) in [5, 5.41) is 11.5. The Balaban J connectivity index is 2.02. The lowest BCUT2D eigenvalue weighted by Gasteiger charge is -2.39. The number of hydrogen-bond donors (Lipinski definition) is 1. The van der Waals surface area contributed by atoms with Crippen LogP contribution in [0.3, 0.4) is 0 Å². The normalized spacial score (nSPS) is 23.1. The second kappa shape index (κ2) is 4.76. The molecule has 0 aromatic heterocycles. The highest BCUT2D eigenvalue weighted by Gasteiger charge is 2.50. The maximum Gasteiger partial charge on any atom is 0.259 e. The molecule has 1 amide bonds. The SMILES string of the molecule is O=C1c2ccccc2C(O)(c2ccc(Br)cc2)C2=NCCN12. The van der Waals surface area contributed by atoms with E-state index in [1.165, 1.54) is 0 Å². The molecule has 2 aliphatic heterocycles. The lowest BCUT2D eigenvalue weighted by atomic mass is 9.79. The Bertz CT molecular complexity index is 801. The first-order chi connectivity index (χ1) is 10.6. The van der Waals surface area contributed by atoms with E-state index in [0.29, 0.717) is 35.6 Å². The third-order valence-electron chi connectivity index (χ3n) is 4.22. The van der Waals surface area contributed by atoms with Crippen molar-refractivity contribution in [2.75, 3.05) is 13.1 Å². The summed E-state index contributed by atoms with van der Waals surface area (Å²) in [4.78, 5) is 18.6. The van der Waals surface area contributed by atoms with Crippen molar-refractivity contribution in [1.82, 2.24) is 4.90 Å². The van der Waals surface area contributed by atoms with Crippen LogP contribution in [0.15, 0.2) is 58.0 Å². The van der Waals surface area contributed by atoms with Crippen molar-refractivity contribution >= 4 is 27.7 Å². The van der Waals surface area contributed by atoms with Gasteiger partial charge in [0, 0.05) is 22.1 Å². The maximum absolute atomic E-state index is 12.6. The van der Waals surface area contributed by atoms with Crippen LogP contribution in [0.25, 0.3) is 0 Å². The molecule has 0 spiro atoms. The van der Waals surface area contributed by atoms with Gasteiger partial charge in [0.15, 0.2) is 5.60 Å². The lowest BCUT2D eigenvalue weighted by Crippen LogP contribution is -2.53. The van der Waals surface area contributed by atoms with Crippen LogP contribution >= 0.6 is 15.9 Å². The maximum atomic E-state index is 12.6. The number of benzene rings is 2. The van der Waals surface area contributed by atoms with Crippen molar-refractivity contribution in [2.45, 2.75) is 5.60 Å². The predicted octanol–water partition coefficient (Wildman–Crippen LogP) is 2.55. The van der Waals surface area contributed by atoms with Crippen LogP contribution in [0.4, 0.5) is 0 Å². The van der Waals surface area contributed by atoms with E-state index in [0.717, 1.165) is 4.47 Å². The fourth-order valence-electron chi connectivity index (χ4n) is 3.18. The van der Waals surface area contributed by atoms with Crippen molar-refractivity contribution in [3.63, 3.8) is 0 Å². The summed E-state index contributed by atoms with van der Waals surface area (Å²) in [6, 6.07) is 14.7. The first kappa shape index (κ1) is 13.7. The molecule has 1 N–H and O–H groups in total. The van der Waals surface area contributed by atoms with E-state index in [9.17, 15) is 9.90 Å². The summed E-state index contributed by atoms with van der Waals surface area (Å²) in [7, 11) is 0. The molecule has 2 aromatic carbocycles. The summed E-state index contributed by atoms with van der Waals surface area (Å²) in [5.74, 6) is 0.340. The minimum absolute atomic E-state index is 0.0892. The molecule has 0 radical (unpaired) electrons. The Labute approximate surface area is 136 Å². The molecular weight excluding hydrogens is 344 g/mol. The topological polar surface area (TPSA) is 52.9 Å². The molecular formula is C17H13BrN2O2. The van der Waals surface area contributed by atoms with Crippen LogP contribution in [-0.2, 0) is 5.60 Å². The Morgan fingerprint density at radius 2 is 1.86 bits per heavy atom. The first-order valence-corrected chi connectivity index (χ1v) is 7.86. The van der Waals surface area contributed by atoms with Crippen LogP contribution in [0.2, 0.25) is 0 Å². The number of carbonyl (C=O) groups is 1. The summed E-state index contributed by atoms with van der Waals surface area (Å²) in [5.41, 5.74) is 0.455. The van der Waals surface area contributed by atoms with Crippen LogP contribution in [-0.4, -0.2) is 34.8 Å². The molecule has 4 nitrogen and oxygen atoms in total. The number of fused-ring (bicyclic) bond motifs is 2. The standard InChI is InChI=1S/C17H13BrN2O2/c18-12-7-5-11(6-8-12)17(22)14-4-2-1-3-13(14)15(21)20-10-9-19-16(17)20/h1-8,22H,9-10H2. The van der Waals surface area contributed by atoms with Gasteiger partial charge < -0.3 is 5.11 Å². The number of aliphatic hydroxyl groups is 1. The van der Waals surface area contributed by atoms with Gasteiger partial charge >= 0.3 is 0 Å². The van der Waals surface area contributed by atoms with Gasteiger partial charge in [-0.05, 0) is 23.8 Å². The van der Waals surface area contributed by atoms with Gasteiger partial charge in [-0.3, -0.25) is 14.7 Å². The molecule has 4 rings (SSSR count). The number of halogens is 1. The van der Waals surface area contributed by atoms with Gasteiger partial charge in [0.05, 0.1) is 6.54 Å². The smallest absolute Gasteiger partial charge is 0.259 e. The van der Waals surface area contributed by atoms with Crippen molar-refractivity contribution in [3.8, 4) is 0 Å². The average molecular weight is 357 g/mol. The van der Waals surface area contributed by atoms with Gasteiger partial charge in [-0.25, -0.2) is 0 Å². The number of rotatable bonds is 1. The molecule has 0 saturated heterocycles. The van der Waals surface area contributed by atoms with Gasteiger partial charge in [0.2, 0.25) is 0 Å². The summed E-state index contributed by atoms with van der Waals surface area (Å²) >= 11 is 3.41. The monoisotopic (exact) mass is 356 g/mol. The van der Waals surface area contributed by atoms with Crippen molar-refractivity contribution in [2.24, 2.45) is 4.99 Å². The Morgan fingerprint density at radius 1 is 1.14 bits per heavy atom. The van der Waals surface area contributed by atoms with E-state index in [4.69, 9.17) is 0 Å². The molecule has 0 bridgehead atoms. The summed E-state index contributed by atoms with van der Waals surface area (Å²) < 4.78 is 0.935. The Kier molecular flexibility index (Phi) is 2.96. The van der Waals surface area contributed by atoms with E-state index < -0.39 is 5.60 Å². The number of amides is 1. The second-order valence-electron chi connectivity index (χ2n) is 5.43. The van der Waals surface area contributed by atoms with Gasteiger partial charge in [-0.15, -0.1) is 0 Å². The van der Waals surface area contributed by atoms with Crippen LogP contribution < -0.4 is 0 Å². The van der Waals surface area contributed by atoms with Crippen LogP contribution in [0.1, 0.15) is 21.5 Å². The quantitative estimate of drug-likeness (QED) is 0.853. The van der Waals surface area contributed by atoms with E-state index in [1.807, 2.05) is 36.4 Å². The lowest BCUT2D eigenvalue weighted by molar-refractivity contribution is 0.0759. The van der Waals surface area contributed by atoms with Crippen molar-refractivity contribution in [1.29, 1.82) is 0 Å². The molecule has 5 heteroatoms. The predicted molar refractivity (Wildman–Crippen MR) is 86.9 cm³/mol. The van der Waals surface area contributed by atoms with E-state index >= 15 is 0 Å². The Morgan fingerprint density at radius 3 is 2.64 bits per heavy atom. The average Bonchev–Trinajstić information content (AvgIpc) is 3.04. The fraction of sp³-hybridized carbons (Fsp3) is 0.176. The fourth-order valence-corrected chi connectivity index (χ4v) is 3.45. The number of nitrogens with zero attached hydrogens (tertiary/aromatic N) is 2. The summed E-state index contributed by atoms with van der Waals surface area (Å²) in [6.07, 6.45) is 0. The van der Waals surface area contributed by atoms with E-state index in [-0.39, 0.29) is 5.91 Å². The zero-order chi connectivity index (χ0) is 15.3. The molecule has 2 aliphatic rings. The molecule has 0 saturated carbocycles. The number of carbonyl (C=O) groups excluding carboxylic acids is 1. The third kappa shape index (κ3) is 1.72. The van der Waals surface area contributed by atoms with Crippen LogP contribution in [0.5, 0.6) is 0 Å². The number of hydrogen-bond acceptors (Lipinski definition) is 3. The summed E-state index contributed by atoms with van der Waals surface area (Å²) in [6.45, 7) is 1.04.